The number of piperidine rings is 1. The SMILES string of the molecule is CCNC(=O)C1CCN(Cc2sc(C)nc2C(F)(F)F)CC1. The zero-order chi connectivity index (χ0) is 16.3. The van der Waals surface area contributed by atoms with Crippen molar-refractivity contribution < 1.29 is 18.0 Å². The molecule has 0 aromatic carbocycles. The van der Waals surface area contributed by atoms with E-state index < -0.39 is 11.9 Å². The molecule has 1 aliphatic heterocycles. The van der Waals surface area contributed by atoms with Crippen LogP contribution in [0.3, 0.4) is 0 Å². The quantitative estimate of drug-likeness (QED) is 0.920. The average molecular weight is 335 g/mol. The van der Waals surface area contributed by atoms with Crippen LogP contribution < -0.4 is 5.32 Å². The van der Waals surface area contributed by atoms with Crippen LogP contribution in [-0.2, 0) is 17.5 Å². The summed E-state index contributed by atoms with van der Waals surface area (Å²) in [4.78, 5) is 17.6. The summed E-state index contributed by atoms with van der Waals surface area (Å²) in [5.74, 6) is 0.0215. The highest BCUT2D eigenvalue weighted by atomic mass is 32.1. The first kappa shape index (κ1) is 17.2. The minimum atomic E-state index is -4.40. The topological polar surface area (TPSA) is 45.2 Å². The van der Waals surface area contributed by atoms with Crippen molar-refractivity contribution in [3.05, 3.63) is 15.6 Å². The van der Waals surface area contributed by atoms with E-state index in [2.05, 4.69) is 10.3 Å². The van der Waals surface area contributed by atoms with Gasteiger partial charge in [0.1, 0.15) is 0 Å². The molecule has 1 fully saturated rings. The Kier molecular flexibility index (Phi) is 5.44. The number of rotatable bonds is 4. The number of nitrogens with zero attached hydrogens (tertiary/aromatic N) is 2. The normalized spacial score (nSPS) is 17.7. The highest BCUT2D eigenvalue weighted by Gasteiger charge is 2.37. The number of aromatic nitrogens is 1. The second-order valence-corrected chi connectivity index (χ2v) is 6.74. The van der Waals surface area contributed by atoms with E-state index in [4.69, 9.17) is 0 Å². The second-order valence-electron chi connectivity index (χ2n) is 5.45. The first-order valence-corrected chi connectivity index (χ1v) is 8.16. The van der Waals surface area contributed by atoms with Crippen LogP contribution in [0.2, 0.25) is 0 Å². The molecule has 0 atom stereocenters. The van der Waals surface area contributed by atoms with Crippen LogP contribution in [0.15, 0.2) is 0 Å². The molecule has 0 aliphatic carbocycles. The smallest absolute Gasteiger partial charge is 0.356 e. The lowest BCUT2D eigenvalue weighted by atomic mass is 9.96. The largest absolute Gasteiger partial charge is 0.434 e. The van der Waals surface area contributed by atoms with Crippen LogP contribution in [0.5, 0.6) is 0 Å². The predicted molar refractivity (Wildman–Crippen MR) is 78.5 cm³/mol. The van der Waals surface area contributed by atoms with Gasteiger partial charge in [0.05, 0.1) is 9.88 Å². The van der Waals surface area contributed by atoms with Gasteiger partial charge in [0.25, 0.3) is 0 Å². The van der Waals surface area contributed by atoms with Crippen molar-refractivity contribution in [2.75, 3.05) is 19.6 Å². The van der Waals surface area contributed by atoms with E-state index in [9.17, 15) is 18.0 Å². The Labute approximate surface area is 131 Å². The second kappa shape index (κ2) is 6.95. The van der Waals surface area contributed by atoms with E-state index in [1.54, 1.807) is 6.92 Å². The third kappa shape index (κ3) is 4.19. The first-order valence-electron chi connectivity index (χ1n) is 7.34. The Balaban J connectivity index is 1.96. The lowest BCUT2D eigenvalue weighted by Crippen LogP contribution is -2.40. The number of halogens is 3. The maximum Gasteiger partial charge on any atom is 0.434 e. The zero-order valence-corrected chi connectivity index (χ0v) is 13.5. The molecule has 1 saturated heterocycles. The lowest BCUT2D eigenvalue weighted by molar-refractivity contribution is -0.141. The zero-order valence-electron chi connectivity index (χ0n) is 12.7. The van der Waals surface area contributed by atoms with Crippen molar-refractivity contribution in [3.63, 3.8) is 0 Å². The fourth-order valence-electron chi connectivity index (χ4n) is 2.67. The van der Waals surface area contributed by atoms with E-state index >= 15 is 0 Å². The summed E-state index contributed by atoms with van der Waals surface area (Å²) in [7, 11) is 0. The standard InChI is InChI=1S/C14H20F3N3OS/c1-3-18-13(21)10-4-6-20(7-5-10)8-11-12(14(15,16)17)19-9(2)22-11/h10H,3-8H2,1-2H3,(H,18,21). The van der Waals surface area contributed by atoms with Gasteiger partial charge >= 0.3 is 6.18 Å². The highest BCUT2D eigenvalue weighted by molar-refractivity contribution is 7.11. The molecule has 0 radical (unpaired) electrons. The highest BCUT2D eigenvalue weighted by Crippen LogP contribution is 2.35. The Hall–Kier alpha value is -1.15. The van der Waals surface area contributed by atoms with Crippen LogP contribution in [0.25, 0.3) is 0 Å². The van der Waals surface area contributed by atoms with E-state index in [1.807, 2.05) is 11.8 Å². The number of thiazole rings is 1. The van der Waals surface area contributed by atoms with E-state index in [-0.39, 0.29) is 23.2 Å². The molecule has 1 N–H and O–H groups in total. The average Bonchev–Trinajstić information content (AvgIpc) is 2.81. The molecule has 0 bridgehead atoms. The van der Waals surface area contributed by atoms with Gasteiger partial charge in [0, 0.05) is 19.0 Å². The van der Waals surface area contributed by atoms with Gasteiger partial charge in [-0.2, -0.15) is 13.2 Å². The molecule has 0 unspecified atom stereocenters. The van der Waals surface area contributed by atoms with Crippen molar-refractivity contribution in [1.29, 1.82) is 0 Å². The summed E-state index contributed by atoms with van der Waals surface area (Å²) < 4.78 is 38.8. The van der Waals surface area contributed by atoms with Crippen molar-refractivity contribution >= 4 is 17.2 Å². The molecular formula is C14H20F3N3OS. The summed E-state index contributed by atoms with van der Waals surface area (Å²) >= 11 is 1.10. The third-order valence-corrected chi connectivity index (χ3v) is 4.70. The molecule has 1 aromatic rings. The summed E-state index contributed by atoms with van der Waals surface area (Å²) in [6.45, 7) is 5.59. The maximum absolute atomic E-state index is 12.9. The van der Waals surface area contributed by atoms with Crippen molar-refractivity contribution in [3.8, 4) is 0 Å². The van der Waals surface area contributed by atoms with Gasteiger partial charge in [-0.15, -0.1) is 11.3 Å². The molecule has 0 saturated carbocycles. The van der Waals surface area contributed by atoms with Crippen molar-refractivity contribution in [1.82, 2.24) is 15.2 Å². The molecule has 124 valence electrons. The Morgan fingerprint density at radius 3 is 2.59 bits per heavy atom. The summed E-state index contributed by atoms with van der Waals surface area (Å²) in [6.07, 6.45) is -3.03. The van der Waals surface area contributed by atoms with E-state index in [0.717, 1.165) is 11.3 Å². The molecular weight excluding hydrogens is 315 g/mol. The Bertz CT molecular complexity index is 522. The number of carbonyl (C=O) groups is 1. The van der Waals surface area contributed by atoms with Gasteiger partial charge in [-0.05, 0) is 39.8 Å². The fraction of sp³-hybridized carbons (Fsp3) is 0.714. The molecule has 4 nitrogen and oxygen atoms in total. The molecule has 8 heteroatoms. The summed E-state index contributed by atoms with van der Waals surface area (Å²) in [5.41, 5.74) is -0.763. The molecule has 1 amide bonds. The summed E-state index contributed by atoms with van der Waals surface area (Å²) in [5, 5.41) is 3.23. The van der Waals surface area contributed by atoms with Gasteiger partial charge in [-0.3, -0.25) is 9.69 Å². The van der Waals surface area contributed by atoms with E-state index in [1.165, 1.54) is 0 Å². The number of likely N-dealkylation sites (tertiary alicyclic amines) is 1. The van der Waals surface area contributed by atoms with Crippen LogP contribution in [0.4, 0.5) is 13.2 Å². The van der Waals surface area contributed by atoms with Crippen molar-refractivity contribution in [2.45, 2.75) is 39.4 Å². The van der Waals surface area contributed by atoms with E-state index in [0.29, 0.717) is 37.5 Å². The predicted octanol–water partition coefficient (Wildman–Crippen LogP) is 2.82. The number of hydrogen-bond acceptors (Lipinski definition) is 4. The minimum Gasteiger partial charge on any atom is -0.356 e. The van der Waals surface area contributed by atoms with Crippen LogP contribution in [0, 0.1) is 12.8 Å². The molecule has 2 heterocycles. The number of alkyl halides is 3. The first-order chi connectivity index (χ1) is 10.3. The minimum absolute atomic E-state index is 0.0264. The van der Waals surface area contributed by atoms with Gasteiger partial charge in [0.15, 0.2) is 5.69 Å². The van der Waals surface area contributed by atoms with Crippen LogP contribution in [0.1, 0.15) is 35.3 Å². The van der Waals surface area contributed by atoms with Crippen LogP contribution in [-0.4, -0.2) is 35.4 Å². The van der Waals surface area contributed by atoms with Gasteiger partial charge in [-0.25, -0.2) is 4.98 Å². The number of nitrogens with one attached hydrogen (secondary N) is 1. The van der Waals surface area contributed by atoms with Gasteiger partial charge in [-0.1, -0.05) is 0 Å². The lowest BCUT2D eigenvalue weighted by Gasteiger charge is -2.31. The number of carbonyl (C=O) groups excluding carboxylic acids is 1. The van der Waals surface area contributed by atoms with Gasteiger partial charge in [0.2, 0.25) is 5.91 Å². The molecule has 0 spiro atoms. The van der Waals surface area contributed by atoms with Crippen molar-refractivity contribution in [2.24, 2.45) is 5.92 Å². The third-order valence-electron chi connectivity index (χ3n) is 3.75. The summed E-state index contributed by atoms with van der Waals surface area (Å²) in [6, 6.07) is 0. The number of hydrogen-bond donors (Lipinski definition) is 1. The molecule has 1 aromatic heterocycles. The molecule has 22 heavy (non-hydrogen) atoms. The Morgan fingerprint density at radius 2 is 2.05 bits per heavy atom. The monoisotopic (exact) mass is 335 g/mol. The molecule has 2 rings (SSSR count). The van der Waals surface area contributed by atoms with Crippen LogP contribution >= 0.6 is 11.3 Å². The molecule has 1 aliphatic rings. The fourth-order valence-corrected chi connectivity index (χ4v) is 3.67. The van der Waals surface area contributed by atoms with Gasteiger partial charge < -0.3 is 5.32 Å². The Morgan fingerprint density at radius 1 is 1.41 bits per heavy atom. The maximum atomic E-state index is 12.9. The number of aryl methyl sites for hydroxylation is 1. The number of amides is 1.